The number of fused-ring (bicyclic) bond motifs is 1. The van der Waals surface area contributed by atoms with E-state index in [2.05, 4.69) is 22.8 Å². The molecule has 2 aliphatic rings. The Kier molecular flexibility index (Phi) is 5.13. The Balaban J connectivity index is 1.81. The summed E-state index contributed by atoms with van der Waals surface area (Å²) in [4.78, 5) is 37.6. The Labute approximate surface area is 164 Å². The van der Waals surface area contributed by atoms with E-state index in [9.17, 15) is 14.4 Å². The monoisotopic (exact) mass is 379 g/mol. The minimum absolute atomic E-state index is 0.227. The van der Waals surface area contributed by atoms with Gasteiger partial charge >= 0.3 is 0 Å². The second-order valence-corrected chi connectivity index (χ2v) is 7.66. The van der Waals surface area contributed by atoms with Gasteiger partial charge in [-0.2, -0.15) is 0 Å². The number of hydrogen-bond donors (Lipinski definition) is 2. The highest BCUT2D eigenvalue weighted by Gasteiger charge is 2.31. The number of hydrogen-bond acceptors (Lipinski definition) is 5. The van der Waals surface area contributed by atoms with Crippen LogP contribution in [0.25, 0.3) is 10.8 Å². The molecule has 2 aromatic rings. The van der Waals surface area contributed by atoms with E-state index in [4.69, 9.17) is 0 Å². The Morgan fingerprint density at radius 1 is 1.07 bits per heavy atom. The summed E-state index contributed by atoms with van der Waals surface area (Å²) in [5.41, 5.74) is 2.74. The molecule has 146 valence electrons. The Hall–Kier alpha value is -2.73. The van der Waals surface area contributed by atoms with Crippen LogP contribution in [0.3, 0.4) is 0 Å². The number of imide groups is 1. The smallest absolute Gasteiger partial charge is 0.249 e. The number of carbonyl (C=O) groups is 3. The molecule has 0 saturated carbocycles. The lowest BCUT2D eigenvalue weighted by molar-refractivity contribution is -0.134. The molecule has 4 rings (SSSR count). The first kappa shape index (κ1) is 18.6. The van der Waals surface area contributed by atoms with Gasteiger partial charge in [-0.3, -0.25) is 19.7 Å². The number of nitrogens with zero attached hydrogens (tertiary/aromatic N) is 1. The largest absolute Gasteiger partial charge is 0.362 e. The third-order valence-electron chi connectivity index (χ3n) is 6.05. The first-order chi connectivity index (χ1) is 13.6. The van der Waals surface area contributed by atoms with E-state index in [0.717, 1.165) is 48.7 Å². The molecule has 6 nitrogen and oxygen atoms in total. The molecule has 2 heterocycles. The van der Waals surface area contributed by atoms with Crippen LogP contribution < -0.4 is 15.5 Å². The summed E-state index contributed by atoms with van der Waals surface area (Å²) in [6, 6.07) is 9.56. The third-order valence-corrected chi connectivity index (χ3v) is 6.05. The van der Waals surface area contributed by atoms with E-state index in [1.54, 1.807) is 0 Å². The Morgan fingerprint density at radius 2 is 1.86 bits per heavy atom. The van der Waals surface area contributed by atoms with Crippen molar-refractivity contribution in [3.8, 4) is 0 Å². The van der Waals surface area contributed by atoms with Crippen molar-refractivity contribution < 1.29 is 14.4 Å². The number of likely N-dealkylation sites (N-methyl/N-ethyl adjacent to an activating group) is 1. The fraction of sp³-hybridized carbons (Fsp3) is 0.409. The van der Waals surface area contributed by atoms with Crippen LogP contribution in [0.2, 0.25) is 0 Å². The minimum atomic E-state index is -0.426. The van der Waals surface area contributed by atoms with Crippen LogP contribution in [-0.2, 0) is 9.59 Å². The molecule has 6 heteroatoms. The lowest BCUT2D eigenvalue weighted by atomic mass is 9.85. The van der Waals surface area contributed by atoms with Crippen molar-refractivity contribution in [3.63, 3.8) is 0 Å². The predicted octanol–water partition coefficient (Wildman–Crippen LogP) is 2.36. The quantitative estimate of drug-likeness (QED) is 0.630. The van der Waals surface area contributed by atoms with Gasteiger partial charge in [-0.25, -0.2) is 0 Å². The number of aldehydes is 1. The summed E-state index contributed by atoms with van der Waals surface area (Å²) in [6.07, 6.45) is 3.83. The van der Waals surface area contributed by atoms with Crippen molar-refractivity contribution >= 4 is 34.6 Å². The van der Waals surface area contributed by atoms with E-state index in [-0.39, 0.29) is 11.8 Å². The van der Waals surface area contributed by atoms with Crippen molar-refractivity contribution in [2.75, 3.05) is 25.0 Å². The maximum atomic E-state index is 12.4. The van der Waals surface area contributed by atoms with Gasteiger partial charge in [0.2, 0.25) is 11.8 Å². The number of rotatable bonds is 4. The molecular formula is C22H25N3O3. The molecule has 0 spiro atoms. The molecule has 1 unspecified atom stereocenters. The molecule has 2 saturated heterocycles. The second kappa shape index (κ2) is 7.72. The summed E-state index contributed by atoms with van der Waals surface area (Å²) in [5, 5.41) is 7.79. The molecule has 1 atom stereocenters. The van der Waals surface area contributed by atoms with Crippen LogP contribution in [0.5, 0.6) is 0 Å². The first-order valence-electron chi connectivity index (χ1n) is 9.88. The zero-order chi connectivity index (χ0) is 19.7. The fourth-order valence-corrected chi connectivity index (χ4v) is 4.54. The maximum absolute atomic E-state index is 12.4. The van der Waals surface area contributed by atoms with Crippen molar-refractivity contribution in [1.29, 1.82) is 0 Å². The van der Waals surface area contributed by atoms with Crippen LogP contribution in [0.1, 0.15) is 47.5 Å². The summed E-state index contributed by atoms with van der Waals surface area (Å²) in [5.74, 6) is -0.0483. The van der Waals surface area contributed by atoms with Crippen LogP contribution in [0.15, 0.2) is 30.3 Å². The lowest BCUT2D eigenvalue weighted by Crippen LogP contribution is -2.51. The summed E-state index contributed by atoms with van der Waals surface area (Å²) < 4.78 is 0. The SMILES string of the molecule is CN(c1ccc(C2CCNCC2)c2cccc(C=O)c12)C1CCC(=O)NC1=O. The van der Waals surface area contributed by atoms with Gasteiger partial charge in [-0.15, -0.1) is 0 Å². The topological polar surface area (TPSA) is 78.5 Å². The van der Waals surface area contributed by atoms with Crippen molar-refractivity contribution in [2.45, 2.75) is 37.6 Å². The van der Waals surface area contributed by atoms with Gasteiger partial charge in [0.1, 0.15) is 6.04 Å². The number of nitrogens with one attached hydrogen (secondary N) is 2. The lowest BCUT2D eigenvalue weighted by Gasteiger charge is -2.33. The van der Waals surface area contributed by atoms with Crippen molar-refractivity contribution in [1.82, 2.24) is 10.6 Å². The molecule has 2 amide bonds. The van der Waals surface area contributed by atoms with Gasteiger partial charge < -0.3 is 10.2 Å². The molecule has 0 radical (unpaired) electrons. The van der Waals surface area contributed by atoms with Crippen LogP contribution in [-0.4, -0.2) is 44.3 Å². The number of piperidine rings is 2. The normalized spacial score (nSPS) is 20.8. The predicted molar refractivity (Wildman–Crippen MR) is 109 cm³/mol. The zero-order valence-electron chi connectivity index (χ0n) is 16.0. The van der Waals surface area contributed by atoms with Gasteiger partial charge in [0.25, 0.3) is 0 Å². The highest BCUT2D eigenvalue weighted by molar-refractivity contribution is 6.08. The van der Waals surface area contributed by atoms with E-state index < -0.39 is 6.04 Å². The fourth-order valence-electron chi connectivity index (χ4n) is 4.54. The second-order valence-electron chi connectivity index (χ2n) is 7.66. The van der Waals surface area contributed by atoms with Crippen LogP contribution >= 0.6 is 0 Å². The van der Waals surface area contributed by atoms with E-state index in [1.807, 2.05) is 30.1 Å². The van der Waals surface area contributed by atoms with Gasteiger partial charge in [-0.1, -0.05) is 24.3 Å². The Morgan fingerprint density at radius 3 is 2.57 bits per heavy atom. The molecular weight excluding hydrogens is 354 g/mol. The molecule has 2 N–H and O–H groups in total. The van der Waals surface area contributed by atoms with Crippen LogP contribution in [0.4, 0.5) is 5.69 Å². The average molecular weight is 379 g/mol. The molecule has 0 aliphatic carbocycles. The number of carbonyl (C=O) groups excluding carboxylic acids is 3. The molecule has 0 aromatic heterocycles. The Bertz CT molecular complexity index is 934. The molecule has 2 aliphatic heterocycles. The highest BCUT2D eigenvalue weighted by atomic mass is 16.2. The average Bonchev–Trinajstić information content (AvgIpc) is 2.72. The number of benzene rings is 2. The summed E-state index contributed by atoms with van der Waals surface area (Å²) >= 11 is 0. The maximum Gasteiger partial charge on any atom is 0.249 e. The van der Waals surface area contributed by atoms with Gasteiger partial charge in [0.15, 0.2) is 6.29 Å². The highest BCUT2D eigenvalue weighted by Crippen LogP contribution is 2.38. The zero-order valence-corrected chi connectivity index (χ0v) is 16.0. The molecule has 28 heavy (non-hydrogen) atoms. The van der Waals surface area contributed by atoms with E-state index >= 15 is 0 Å². The third kappa shape index (κ3) is 3.29. The minimum Gasteiger partial charge on any atom is -0.362 e. The molecule has 0 bridgehead atoms. The molecule has 2 aromatic carbocycles. The van der Waals surface area contributed by atoms with Gasteiger partial charge in [0, 0.05) is 30.1 Å². The standard InChI is InChI=1S/C22H25N3O3/c1-25(19-7-8-20(27)24-22(19)28)18-6-5-16(14-9-11-23-12-10-14)17-4-2-3-15(13-26)21(17)18/h2-6,13-14,19,23H,7-12H2,1H3,(H,24,27,28). The van der Waals surface area contributed by atoms with E-state index in [0.29, 0.717) is 24.3 Å². The molecule has 2 fully saturated rings. The first-order valence-corrected chi connectivity index (χ1v) is 9.88. The van der Waals surface area contributed by atoms with Crippen molar-refractivity contribution in [3.05, 3.63) is 41.5 Å². The summed E-state index contributed by atoms with van der Waals surface area (Å²) in [6.45, 7) is 1.99. The van der Waals surface area contributed by atoms with Crippen LogP contribution in [0, 0.1) is 0 Å². The van der Waals surface area contributed by atoms with Crippen molar-refractivity contribution in [2.24, 2.45) is 0 Å². The number of amides is 2. The van der Waals surface area contributed by atoms with Gasteiger partial charge in [0.05, 0.1) is 0 Å². The summed E-state index contributed by atoms with van der Waals surface area (Å²) in [7, 11) is 1.86. The van der Waals surface area contributed by atoms with E-state index in [1.165, 1.54) is 5.56 Å². The number of anilines is 1. The van der Waals surface area contributed by atoms with Gasteiger partial charge in [-0.05, 0) is 55.3 Å².